The molecule has 3 rings (SSSR count). The van der Waals surface area contributed by atoms with Crippen LogP contribution in [0.4, 0.5) is 5.69 Å². The van der Waals surface area contributed by atoms with Gasteiger partial charge in [0, 0.05) is 28.4 Å². The van der Waals surface area contributed by atoms with Gasteiger partial charge in [0.15, 0.2) is 0 Å². The van der Waals surface area contributed by atoms with Crippen LogP contribution in [0.3, 0.4) is 0 Å². The van der Waals surface area contributed by atoms with E-state index in [9.17, 15) is 13.2 Å². The number of sulfonamides is 1. The Morgan fingerprint density at radius 1 is 1.11 bits per heavy atom. The zero-order chi connectivity index (χ0) is 19.3. The second-order valence-electron chi connectivity index (χ2n) is 5.92. The summed E-state index contributed by atoms with van der Waals surface area (Å²) in [5.41, 5.74) is 1.47. The number of carbonyl (C=O) groups excluding carboxylic acids is 1. The first-order chi connectivity index (χ1) is 12.9. The molecule has 1 aliphatic rings. The predicted octanol–water partition coefficient (Wildman–Crippen LogP) is 2.96. The molecule has 1 N–H and O–H groups in total. The van der Waals surface area contributed by atoms with E-state index in [1.807, 2.05) is 24.3 Å². The quantitative estimate of drug-likeness (QED) is 0.508. The van der Waals surface area contributed by atoms with Gasteiger partial charge in [0.05, 0.1) is 18.1 Å². The number of amides is 1. The highest BCUT2D eigenvalue weighted by Crippen LogP contribution is 2.18. The summed E-state index contributed by atoms with van der Waals surface area (Å²) in [5.74, 6) is -0.248. The fourth-order valence-electron chi connectivity index (χ4n) is 2.61. The number of rotatable bonds is 5. The Bertz CT molecular complexity index is 936. The Hall–Kier alpha value is -1.75. The Morgan fingerprint density at radius 3 is 2.48 bits per heavy atom. The Balaban J connectivity index is 1.64. The lowest BCUT2D eigenvalue weighted by Gasteiger charge is -2.26. The maximum atomic E-state index is 12.6. The highest BCUT2D eigenvalue weighted by Gasteiger charge is 2.25. The molecule has 2 aromatic carbocycles. The minimum Gasteiger partial charge on any atom is -0.379 e. The minimum atomic E-state index is -3.51. The van der Waals surface area contributed by atoms with Crippen molar-refractivity contribution in [2.45, 2.75) is 4.90 Å². The van der Waals surface area contributed by atoms with Crippen molar-refractivity contribution in [1.82, 2.24) is 4.31 Å². The second-order valence-corrected chi connectivity index (χ2v) is 9.10. The molecule has 0 spiro atoms. The van der Waals surface area contributed by atoms with Gasteiger partial charge in [0.2, 0.25) is 15.9 Å². The summed E-state index contributed by atoms with van der Waals surface area (Å²) >= 11 is 2.18. The Labute approximate surface area is 172 Å². The number of halogens is 1. The van der Waals surface area contributed by atoms with Gasteiger partial charge in [-0.2, -0.15) is 4.31 Å². The lowest BCUT2D eigenvalue weighted by molar-refractivity contribution is -0.111. The first-order valence-electron chi connectivity index (χ1n) is 8.38. The second kappa shape index (κ2) is 8.96. The molecule has 6 nitrogen and oxygen atoms in total. The van der Waals surface area contributed by atoms with Crippen LogP contribution in [0.1, 0.15) is 5.56 Å². The molecule has 0 bridgehead atoms. The Kier molecular flexibility index (Phi) is 6.64. The number of nitrogens with one attached hydrogen (secondary N) is 1. The van der Waals surface area contributed by atoms with Crippen molar-refractivity contribution in [3.05, 3.63) is 63.7 Å². The first-order valence-corrected chi connectivity index (χ1v) is 10.9. The molecule has 27 heavy (non-hydrogen) atoms. The van der Waals surface area contributed by atoms with E-state index in [-0.39, 0.29) is 10.8 Å². The number of anilines is 1. The topological polar surface area (TPSA) is 75.7 Å². The average Bonchev–Trinajstić information content (AvgIpc) is 2.67. The number of ether oxygens (including phenoxy) is 1. The molecule has 1 heterocycles. The average molecular weight is 498 g/mol. The van der Waals surface area contributed by atoms with Crippen LogP contribution >= 0.6 is 22.6 Å². The predicted molar refractivity (Wildman–Crippen MR) is 113 cm³/mol. The third-order valence-corrected chi connectivity index (χ3v) is 6.59. The number of hydrogen-bond donors (Lipinski definition) is 1. The number of benzene rings is 2. The largest absolute Gasteiger partial charge is 0.379 e. The summed E-state index contributed by atoms with van der Waals surface area (Å²) in [6.07, 6.45) is 3.07. The van der Waals surface area contributed by atoms with Crippen LogP contribution in [-0.2, 0) is 19.6 Å². The highest BCUT2D eigenvalue weighted by atomic mass is 127. The van der Waals surface area contributed by atoms with Crippen molar-refractivity contribution in [2.24, 2.45) is 0 Å². The van der Waals surface area contributed by atoms with Crippen LogP contribution in [0.5, 0.6) is 0 Å². The van der Waals surface area contributed by atoms with Crippen LogP contribution in [0.15, 0.2) is 59.5 Å². The van der Waals surface area contributed by atoms with E-state index in [0.29, 0.717) is 26.3 Å². The number of morpholine rings is 1. The molecule has 1 fully saturated rings. The third kappa shape index (κ3) is 5.38. The molecular weight excluding hydrogens is 479 g/mol. The molecular formula is C19H19IN2O4S. The normalized spacial score (nSPS) is 15.7. The van der Waals surface area contributed by atoms with Gasteiger partial charge in [-0.3, -0.25) is 4.79 Å². The summed E-state index contributed by atoms with van der Waals surface area (Å²) in [5, 5.41) is 2.79. The first kappa shape index (κ1) is 20.0. The molecule has 0 radical (unpaired) electrons. The molecule has 0 saturated carbocycles. The summed E-state index contributed by atoms with van der Waals surface area (Å²) in [7, 11) is -3.51. The summed E-state index contributed by atoms with van der Waals surface area (Å²) in [6, 6.07) is 14.0. The lowest BCUT2D eigenvalue weighted by Crippen LogP contribution is -2.40. The Morgan fingerprint density at radius 2 is 1.81 bits per heavy atom. The van der Waals surface area contributed by atoms with Crippen LogP contribution in [0.25, 0.3) is 6.08 Å². The number of hydrogen-bond acceptors (Lipinski definition) is 4. The van der Waals surface area contributed by atoms with Crippen molar-refractivity contribution in [3.8, 4) is 0 Å². The van der Waals surface area contributed by atoms with E-state index in [4.69, 9.17) is 4.74 Å². The van der Waals surface area contributed by atoms with Gasteiger partial charge in [-0.1, -0.05) is 18.2 Å². The lowest BCUT2D eigenvalue weighted by atomic mass is 10.2. The molecule has 0 unspecified atom stereocenters. The molecule has 1 aliphatic heterocycles. The van der Waals surface area contributed by atoms with Crippen molar-refractivity contribution in [1.29, 1.82) is 0 Å². The van der Waals surface area contributed by atoms with Gasteiger partial charge in [0.25, 0.3) is 0 Å². The van der Waals surface area contributed by atoms with E-state index in [1.54, 1.807) is 30.3 Å². The number of carbonyl (C=O) groups is 1. The monoisotopic (exact) mass is 498 g/mol. The SMILES string of the molecule is O=C(/C=C/c1ccc(S(=O)(=O)N2CCOCC2)cc1)Nc1cccc(I)c1. The standard InChI is InChI=1S/C19H19IN2O4S/c20-16-2-1-3-17(14-16)21-19(23)9-6-15-4-7-18(8-5-15)27(24,25)22-10-12-26-13-11-22/h1-9,14H,10-13H2,(H,21,23)/b9-6+. The van der Waals surface area contributed by atoms with Crippen LogP contribution in [-0.4, -0.2) is 44.9 Å². The molecule has 8 heteroatoms. The molecule has 1 amide bonds. The maximum Gasteiger partial charge on any atom is 0.248 e. The summed E-state index contributed by atoms with van der Waals surface area (Å²) < 4.78 is 32.8. The van der Waals surface area contributed by atoms with Crippen LogP contribution < -0.4 is 5.32 Å². The third-order valence-electron chi connectivity index (χ3n) is 4.01. The van der Waals surface area contributed by atoms with E-state index in [2.05, 4.69) is 27.9 Å². The van der Waals surface area contributed by atoms with Crippen molar-refractivity contribution >= 4 is 50.3 Å². The van der Waals surface area contributed by atoms with E-state index >= 15 is 0 Å². The van der Waals surface area contributed by atoms with E-state index < -0.39 is 10.0 Å². The highest BCUT2D eigenvalue weighted by molar-refractivity contribution is 14.1. The molecule has 1 saturated heterocycles. The van der Waals surface area contributed by atoms with Gasteiger partial charge in [-0.25, -0.2) is 8.42 Å². The fraction of sp³-hybridized carbons (Fsp3) is 0.211. The van der Waals surface area contributed by atoms with Crippen LogP contribution in [0, 0.1) is 3.57 Å². The van der Waals surface area contributed by atoms with Gasteiger partial charge < -0.3 is 10.1 Å². The van der Waals surface area contributed by atoms with Crippen molar-refractivity contribution in [2.75, 3.05) is 31.6 Å². The van der Waals surface area contributed by atoms with Gasteiger partial charge in [-0.05, 0) is 64.6 Å². The number of nitrogens with zero attached hydrogens (tertiary/aromatic N) is 1. The van der Waals surface area contributed by atoms with Gasteiger partial charge >= 0.3 is 0 Å². The molecule has 0 atom stereocenters. The summed E-state index contributed by atoms with van der Waals surface area (Å²) in [6.45, 7) is 1.55. The van der Waals surface area contributed by atoms with Crippen LogP contribution in [0.2, 0.25) is 0 Å². The summed E-state index contributed by atoms with van der Waals surface area (Å²) in [4.78, 5) is 12.3. The zero-order valence-electron chi connectivity index (χ0n) is 14.5. The van der Waals surface area contributed by atoms with E-state index in [1.165, 1.54) is 10.4 Å². The fourth-order valence-corrected chi connectivity index (χ4v) is 4.56. The van der Waals surface area contributed by atoms with Crippen molar-refractivity contribution < 1.29 is 17.9 Å². The van der Waals surface area contributed by atoms with Crippen molar-refractivity contribution in [3.63, 3.8) is 0 Å². The molecule has 2 aromatic rings. The molecule has 0 aliphatic carbocycles. The molecule has 0 aromatic heterocycles. The zero-order valence-corrected chi connectivity index (χ0v) is 17.4. The van der Waals surface area contributed by atoms with Gasteiger partial charge in [-0.15, -0.1) is 0 Å². The smallest absolute Gasteiger partial charge is 0.248 e. The van der Waals surface area contributed by atoms with E-state index in [0.717, 1.165) is 14.8 Å². The molecule has 142 valence electrons. The maximum absolute atomic E-state index is 12.6. The minimum absolute atomic E-state index is 0.241. The van der Waals surface area contributed by atoms with Gasteiger partial charge in [0.1, 0.15) is 0 Å².